The Labute approximate surface area is 133 Å². The van der Waals surface area contributed by atoms with Crippen LogP contribution >= 0.6 is 0 Å². The third-order valence-electron chi connectivity index (χ3n) is 3.66. The van der Waals surface area contributed by atoms with Gasteiger partial charge < -0.3 is 4.18 Å². The van der Waals surface area contributed by atoms with Crippen molar-refractivity contribution < 1.29 is 12.6 Å². The summed E-state index contributed by atoms with van der Waals surface area (Å²) < 4.78 is 29.9. The molecule has 0 aromatic heterocycles. The van der Waals surface area contributed by atoms with Crippen LogP contribution in [0.25, 0.3) is 0 Å². The van der Waals surface area contributed by atoms with Crippen molar-refractivity contribution >= 4 is 10.1 Å². The van der Waals surface area contributed by atoms with Crippen molar-refractivity contribution in [2.24, 2.45) is 0 Å². The van der Waals surface area contributed by atoms with Crippen LogP contribution in [0.5, 0.6) is 5.75 Å². The predicted octanol–water partition coefficient (Wildman–Crippen LogP) is 4.67. The highest BCUT2D eigenvalue weighted by Gasteiger charge is 2.17. The smallest absolute Gasteiger partial charge is 0.339 e. The normalized spacial score (nSPS) is 12.9. The van der Waals surface area contributed by atoms with Gasteiger partial charge in [0.2, 0.25) is 0 Å². The summed E-state index contributed by atoms with van der Waals surface area (Å²) in [6.07, 6.45) is 2.15. The van der Waals surface area contributed by atoms with E-state index < -0.39 is 10.1 Å². The third-order valence-corrected chi connectivity index (χ3v) is 4.93. The van der Waals surface area contributed by atoms with Crippen LogP contribution in [0.3, 0.4) is 0 Å². The minimum atomic E-state index is -3.78. The van der Waals surface area contributed by atoms with E-state index in [4.69, 9.17) is 4.18 Å². The van der Waals surface area contributed by atoms with Crippen molar-refractivity contribution in [3.05, 3.63) is 59.7 Å². The quantitative estimate of drug-likeness (QED) is 0.727. The van der Waals surface area contributed by atoms with Crippen LogP contribution in [0.2, 0.25) is 0 Å². The average molecular weight is 318 g/mol. The molecule has 2 aromatic carbocycles. The Hall–Kier alpha value is -1.81. The second-order valence-corrected chi connectivity index (χ2v) is 7.16. The molecule has 0 amide bonds. The molecule has 1 atom stereocenters. The molecule has 0 saturated carbocycles. The molecule has 0 bridgehead atoms. The lowest BCUT2D eigenvalue weighted by Gasteiger charge is -2.13. The summed E-state index contributed by atoms with van der Waals surface area (Å²) in [7, 11) is -3.78. The molecular weight excluding hydrogens is 296 g/mol. The molecule has 3 nitrogen and oxygen atoms in total. The molecule has 2 aromatic rings. The van der Waals surface area contributed by atoms with Gasteiger partial charge in [0.05, 0.1) is 0 Å². The second kappa shape index (κ2) is 6.97. The number of aryl methyl sites for hydroxylation is 1. The Morgan fingerprint density at radius 2 is 1.77 bits per heavy atom. The maximum Gasteiger partial charge on any atom is 0.339 e. The molecule has 0 spiro atoms. The van der Waals surface area contributed by atoms with E-state index in [2.05, 4.69) is 13.8 Å². The van der Waals surface area contributed by atoms with Crippen LogP contribution in [-0.2, 0) is 10.1 Å². The van der Waals surface area contributed by atoms with Crippen LogP contribution in [0.15, 0.2) is 53.4 Å². The van der Waals surface area contributed by atoms with Crippen LogP contribution in [-0.4, -0.2) is 8.42 Å². The minimum absolute atomic E-state index is 0.171. The first-order chi connectivity index (χ1) is 10.4. The highest BCUT2D eigenvalue weighted by Crippen LogP contribution is 2.26. The highest BCUT2D eigenvalue weighted by atomic mass is 32.2. The summed E-state index contributed by atoms with van der Waals surface area (Å²) >= 11 is 0. The molecule has 0 aliphatic heterocycles. The Balaban J connectivity index is 2.22. The van der Waals surface area contributed by atoms with Gasteiger partial charge in [-0.25, -0.2) is 0 Å². The molecule has 0 N–H and O–H groups in total. The SMILES string of the molecule is CCCC(C)c1cccc(OS(=O)(=O)c2ccc(C)cc2)c1. The van der Waals surface area contributed by atoms with Gasteiger partial charge in [-0.3, -0.25) is 0 Å². The maximum absolute atomic E-state index is 12.3. The highest BCUT2D eigenvalue weighted by molar-refractivity contribution is 7.87. The average Bonchev–Trinajstić information content (AvgIpc) is 2.48. The van der Waals surface area contributed by atoms with Gasteiger partial charge in [-0.1, -0.05) is 50.1 Å². The van der Waals surface area contributed by atoms with Gasteiger partial charge in [0, 0.05) is 0 Å². The van der Waals surface area contributed by atoms with Crippen molar-refractivity contribution in [3.8, 4) is 5.75 Å². The summed E-state index contributed by atoms with van der Waals surface area (Å²) in [4.78, 5) is 0.171. The van der Waals surface area contributed by atoms with Crippen molar-refractivity contribution in [1.82, 2.24) is 0 Å². The first kappa shape index (κ1) is 16.6. The lowest BCUT2D eigenvalue weighted by molar-refractivity contribution is 0.485. The lowest BCUT2D eigenvalue weighted by Crippen LogP contribution is -2.10. The molecule has 0 saturated heterocycles. The van der Waals surface area contributed by atoms with Gasteiger partial charge in [0.25, 0.3) is 0 Å². The molecule has 4 heteroatoms. The fourth-order valence-electron chi connectivity index (χ4n) is 2.35. The molecule has 0 aliphatic rings. The van der Waals surface area contributed by atoms with Crippen molar-refractivity contribution in [2.45, 2.75) is 44.4 Å². The molecule has 2 rings (SSSR count). The van der Waals surface area contributed by atoms with Gasteiger partial charge >= 0.3 is 10.1 Å². The van der Waals surface area contributed by atoms with Crippen molar-refractivity contribution in [1.29, 1.82) is 0 Å². The van der Waals surface area contributed by atoms with E-state index in [9.17, 15) is 8.42 Å². The second-order valence-electron chi connectivity index (χ2n) is 5.61. The van der Waals surface area contributed by atoms with Crippen LogP contribution in [0, 0.1) is 6.92 Å². The minimum Gasteiger partial charge on any atom is -0.379 e. The monoisotopic (exact) mass is 318 g/mol. The predicted molar refractivity (Wildman–Crippen MR) is 88.8 cm³/mol. The fraction of sp³-hybridized carbons (Fsp3) is 0.333. The Morgan fingerprint density at radius 1 is 1.09 bits per heavy atom. The zero-order chi connectivity index (χ0) is 16.2. The molecule has 0 radical (unpaired) electrons. The van der Waals surface area contributed by atoms with E-state index in [1.165, 1.54) is 0 Å². The van der Waals surface area contributed by atoms with Crippen LogP contribution < -0.4 is 4.18 Å². The van der Waals surface area contributed by atoms with Gasteiger partial charge in [-0.05, 0) is 49.1 Å². The molecule has 0 aliphatic carbocycles. The van der Waals surface area contributed by atoms with Gasteiger partial charge in [0.1, 0.15) is 10.6 Å². The summed E-state index contributed by atoms with van der Waals surface area (Å²) in [6, 6.07) is 14.0. The van der Waals surface area contributed by atoms with E-state index in [-0.39, 0.29) is 4.90 Å². The number of benzene rings is 2. The van der Waals surface area contributed by atoms with E-state index in [1.54, 1.807) is 30.3 Å². The molecule has 1 unspecified atom stereocenters. The standard InChI is InChI=1S/C18H22O3S/c1-4-6-15(3)16-7-5-8-17(13-16)21-22(19,20)18-11-9-14(2)10-12-18/h5,7-13,15H,4,6H2,1-3H3. The lowest BCUT2D eigenvalue weighted by atomic mass is 9.96. The van der Waals surface area contributed by atoms with E-state index >= 15 is 0 Å². The zero-order valence-electron chi connectivity index (χ0n) is 13.2. The topological polar surface area (TPSA) is 43.4 Å². The fourth-order valence-corrected chi connectivity index (χ4v) is 3.27. The van der Waals surface area contributed by atoms with E-state index in [0.717, 1.165) is 24.0 Å². The number of hydrogen-bond donors (Lipinski definition) is 0. The van der Waals surface area contributed by atoms with E-state index in [1.807, 2.05) is 25.1 Å². The summed E-state index contributed by atoms with van der Waals surface area (Å²) in [5.74, 6) is 0.747. The van der Waals surface area contributed by atoms with E-state index in [0.29, 0.717) is 11.7 Å². The van der Waals surface area contributed by atoms with Crippen molar-refractivity contribution in [3.63, 3.8) is 0 Å². The molecular formula is C18H22O3S. The molecule has 0 heterocycles. The zero-order valence-corrected chi connectivity index (χ0v) is 14.1. The maximum atomic E-state index is 12.3. The Bertz CT molecular complexity index is 718. The summed E-state index contributed by atoms with van der Waals surface area (Å²) in [5.41, 5.74) is 2.10. The largest absolute Gasteiger partial charge is 0.379 e. The molecule has 118 valence electrons. The van der Waals surface area contributed by atoms with Gasteiger partial charge in [-0.15, -0.1) is 0 Å². The summed E-state index contributed by atoms with van der Waals surface area (Å²) in [5, 5.41) is 0. The first-order valence-electron chi connectivity index (χ1n) is 7.53. The third kappa shape index (κ3) is 4.10. The summed E-state index contributed by atoms with van der Waals surface area (Å²) in [6.45, 7) is 6.19. The van der Waals surface area contributed by atoms with Crippen LogP contribution in [0.1, 0.15) is 43.7 Å². The Morgan fingerprint density at radius 3 is 2.41 bits per heavy atom. The van der Waals surface area contributed by atoms with Crippen molar-refractivity contribution in [2.75, 3.05) is 0 Å². The first-order valence-corrected chi connectivity index (χ1v) is 8.94. The molecule has 0 fully saturated rings. The number of rotatable bonds is 6. The van der Waals surface area contributed by atoms with Gasteiger partial charge in [0.15, 0.2) is 0 Å². The van der Waals surface area contributed by atoms with Crippen LogP contribution in [0.4, 0.5) is 0 Å². The van der Waals surface area contributed by atoms with Gasteiger partial charge in [-0.2, -0.15) is 8.42 Å². The molecule has 22 heavy (non-hydrogen) atoms. The Kier molecular flexibility index (Phi) is 5.24. The number of hydrogen-bond acceptors (Lipinski definition) is 3.